The van der Waals surface area contributed by atoms with Gasteiger partial charge in [0.2, 0.25) is 0 Å². The van der Waals surface area contributed by atoms with Crippen molar-refractivity contribution in [1.29, 1.82) is 0 Å². The largest absolute Gasteiger partial charge is 0.380 e. The maximum Gasteiger partial charge on any atom is 0.257 e. The average molecular weight is 169 g/mol. The van der Waals surface area contributed by atoms with E-state index in [-0.39, 0.29) is 5.57 Å². The third kappa shape index (κ3) is 1.40. The lowest BCUT2D eigenvalue weighted by Crippen LogP contribution is -2.29. The molecule has 0 aromatic rings. The third-order valence-corrected chi connectivity index (χ3v) is 1.47. The van der Waals surface area contributed by atoms with Crippen LogP contribution in [-0.2, 0) is 14.4 Å². The van der Waals surface area contributed by atoms with Gasteiger partial charge in [-0.3, -0.25) is 19.7 Å². The Bertz CT molecular complexity index is 292. The summed E-state index contributed by atoms with van der Waals surface area (Å²) < 4.78 is 0. The molecule has 0 bridgehead atoms. The number of imide groups is 1. The molecule has 5 heteroatoms. The number of hydrogen-bond acceptors (Lipinski definition) is 4. The highest BCUT2D eigenvalue weighted by Crippen LogP contribution is 2.08. The Morgan fingerprint density at radius 1 is 1.58 bits per heavy atom. The van der Waals surface area contributed by atoms with Gasteiger partial charge in [-0.25, -0.2) is 0 Å². The Hall–Kier alpha value is -1.49. The number of nitrogens with one attached hydrogen (secondary N) is 1. The highest BCUT2D eigenvalue weighted by molar-refractivity contribution is 6.18. The number of carbonyl (C=O) groups is 3. The van der Waals surface area contributed by atoms with Crippen molar-refractivity contribution in [1.82, 2.24) is 5.32 Å². The van der Waals surface area contributed by atoms with E-state index in [0.717, 1.165) is 13.0 Å². The fourth-order valence-corrected chi connectivity index (χ4v) is 0.849. The van der Waals surface area contributed by atoms with Gasteiger partial charge in [0.1, 0.15) is 6.10 Å². The predicted molar refractivity (Wildman–Crippen MR) is 37.9 cm³/mol. The van der Waals surface area contributed by atoms with Gasteiger partial charge in [-0.1, -0.05) is 0 Å². The number of ketones is 1. The van der Waals surface area contributed by atoms with E-state index in [1.165, 1.54) is 0 Å². The minimum Gasteiger partial charge on any atom is -0.380 e. The molecule has 64 valence electrons. The lowest BCUT2D eigenvalue weighted by atomic mass is 10.1. The van der Waals surface area contributed by atoms with Crippen molar-refractivity contribution >= 4 is 17.6 Å². The van der Waals surface area contributed by atoms with Gasteiger partial charge in [0.15, 0.2) is 5.78 Å². The standard InChI is InChI=1S/C7H7NO4/c1-3(9)6(11)4-2-5(10)8-7(4)12/h2,6,11H,1H3,(H,8,10,12). The molecule has 0 aromatic heterocycles. The third-order valence-electron chi connectivity index (χ3n) is 1.47. The molecule has 0 aromatic carbocycles. The van der Waals surface area contributed by atoms with Crippen LogP contribution in [0.1, 0.15) is 6.92 Å². The first-order valence-electron chi connectivity index (χ1n) is 3.28. The normalized spacial score (nSPS) is 18.7. The molecular formula is C7H7NO4. The molecule has 0 spiro atoms. The number of amides is 2. The Labute approximate surface area is 68.1 Å². The minimum absolute atomic E-state index is 0.187. The Balaban J connectivity index is 2.89. The zero-order valence-electron chi connectivity index (χ0n) is 6.33. The van der Waals surface area contributed by atoms with Gasteiger partial charge in [0, 0.05) is 6.08 Å². The second-order valence-corrected chi connectivity index (χ2v) is 2.43. The monoisotopic (exact) mass is 169 g/mol. The van der Waals surface area contributed by atoms with Crippen molar-refractivity contribution in [3.05, 3.63) is 11.6 Å². The zero-order chi connectivity index (χ0) is 9.30. The summed E-state index contributed by atoms with van der Waals surface area (Å²) in [6.07, 6.45) is -0.564. The summed E-state index contributed by atoms with van der Waals surface area (Å²) in [4.78, 5) is 32.0. The maximum atomic E-state index is 10.8. The van der Waals surface area contributed by atoms with Crippen LogP contribution >= 0.6 is 0 Å². The molecule has 12 heavy (non-hydrogen) atoms. The number of rotatable bonds is 2. The smallest absolute Gasteiger partial charge is 0.257 e. The van der Waals surface area contributed by atoms with E-state index in [4.69, 9.17) is 5.11 Å². The average Bonchev–Trinajstić information content (AvgIpc) is 2.28. The van der Waals surface area contributed by atoms with E-state index in [1.807, 2.05) is 5.32 Å². The van der Waals surface area contributed by atoms with Crippen LogP contribution in [0.2, 0.25) is 0 Å². The zero-order valence-corrected chi connectivity index (χ0v) is 6.33. The quantitative estimate of drug-likeness (QED) is 0.494. The van der Waals surface area contributed by atoms with E-state index in [0.29, 0.717) is 0 Å². The van der Waals surface area contributed by atoms with E-state index in [2.05, 4.69) is 0 Å². The molecule has 2 N–H and O–H groups in total. The van der Waals surface area contributed by atoms with Gasteiger partial charge in [-0.2, -0.15) is 0 Å². The second kappa shape index (κ2) is 2.86. The van der Waals surface area contributed by atoms with E-state index < -0.39 is 23.7 Å². The summed E-state index contributed by atoms with van der Waals surface area (Å²) >= 11 is 0. The van der Waals surface area contributed by atoms with Gasteiger partial charge >= 0.3 is 0 Å². The van der Waals surface area contributed by atoms with Gasteiger partial charge in [0.25, 0.3) is 11.8 Å². The molecule has 0 saturated heterocycles. The number of hydrogen-bond donors (Lipinski definition) is 2. The molecule has 1 aliphatic rings. The van der Waals surface area contributed by atoms with Crippen molar-refractivity contribution in [2.75, 3.05) is 0 Å². The molecule has 2 amide bonds. The van der Waals surface area contributed by atoms with Crippen LogP contribution in [0.3, 0.4) is 0 Å². The highest BCUT2D eigenvalue weighted by Gasteiger charge is 2.28. The van der Waals surface area contributed by atoms with Crippen molar-refractivity contribution in [3.8, 4) is 0 Å². The van der Waals surface area contributed by atoms with E-state index in [9.17, 15) is 14.4 Å². The van der Waals surface area contributed by atoms with Crippen molar-refractivity contribution in [2.24, 2.45) is 0 Å². The first-order valence-corrected chi connectivity index (χ1v) is 3.28. The van der Waals surface area contributed by atoms with Gasteiger partial charge in [0.05, 0.1) is 5.57 Å². The summed E-state index contributed by atoms with van der Waals surface area (Å²) in [7, 11) is 0. The van der Waals surface area contributed by atoms with E-state index in [1.54, 1.807) is 0 Å². The summed E-state index contributed by atoms with van der Waals surface area (Å²) in [5, 5.41) is 11.0. The van der Waals surface area contributed by atoms with E-state index >= 15 is 0 Å². The van der Waals surface area contributed by atoms with Crippen molar-refractivity contribution < 1.29 is 19.5 Å². The molecule has 5 nitrogen and oxygen atoms in total. The molecule has 1 atom stereocenters. The Morgan fingerprint density at radius 3 is 2.50 bits per heavy atom. The molecule has 0 radical (unpaired) electrons. The first kappa shape index (κ1) is 8.61. The molecule has 0 aliphatic carbocycles. The first-order chi connectivity index (χ1) is 5.52. The molecule has 1 rings (SSSR count). The molecule has 1 heterocycles. The number of aliphatic hydroxyl groups excluding tert-OH is 1. The summed E-state index contributed by atoms with van der Waals surface area (Å²) in [6, 6.07) is 0. The van der Waals surface area contributed by atoms with Crippen molar-refractivity contribution in [2.45, 2.75) is 13.0 Å². The summed E-state index contributed by atoms with van der Waals surface area (Å²) in [5.74, 6) is -1.87. The lowest BCUT2D eigenvalue weighted by molar-refractivity contribution is -0.128. The molecule has 1 aliphatic heterocycles. The summed E-state index contributed by atoms with van der Waals surface area (Å²) in [5.41, 5.74) is -0.187. The molecule has 1 unspecified atom stereocenters. The second-order valence-electron chi connectivity index (χ2n) is 2.43. The van der Waals surface area contributed by atoms with Crippen LogP contribution < -0.4 is 5.32 Å². The molecule has 0 saturated carbocycles. The van der Waals surface area contributed by atoms with Crippen LogP contribution in [0, 0.1) is 0 Å². The van der Waals surface area contributed by atoms with Gasteiger partial charge in [-0.15, -0.1) is 0 Å². The highest BCUT2D eigenvalue weighted by atomic mass is 16.3. The molecule has 0 fully saturated rings. The van der Waals surface area contributed by atoms with Crippen LogP contribution in [0.15, 0.2) is 11.6 Å². The topological polar surface area (TPSA) is 83.5 Å². The van der Waals surface area contributed by atoms with Crippen LogP contribution in [0.25, 0.3) is 0 Å². The fourth-order valence-electron chi connectivity index (χ4n) is 0.849. The van der Waals surface area contributed by atoms with Gasteiger partial charge in [-0.05, 0) is 6.92 Å². The van der Waals surface area contributed by atoms with Gasteiger partial charge < -0.3 is 5.11 Å². The van der Waals surface area contributed by atoms with Crippen LogP contribution in [-0.4, -0.2) is 28.8 Å². The SMILES string of the molecule is CC(=O)C(O)C1=CC(=O)NC1=O. The Kier molecular flexibility index (Phi) is 2.05. The molecular weight excluding hydrogens is 162 g/mol. The number of Topliss-reactive ketones (excluding diaryl/α,β-unsaturated/α-hetero) is 1. The maximum absolute atomic E-state index is 10.8. The fraction of sp³-hybridized carbons (Fsp3) is 0.286. The number of carbonyl (C=O) groups excluding carboxylic acids is 3. The predicted octanol–water partition coefficient (Wildman–Crippen LogP) is -1.48. The lowest BCUT2D eigenvalue weighted by Gasteiger charge is -2.03. The Morgan fingerprint density at radius 2 is 2.17 bits per heavy atom. The number of aliphatic hydroxyl groups is 1. The van der Waals surface area contributed by atoms with Crippen LogP contribution in [0.4, 0.5) is 0 Å². The van der Waals surface area contributed by atoms with Crippen LogP contribution in [0.5, 0.6) is 0 Å². The minimum atomic E-state index is -1.49. The van der Waals surface area contributed by atoms with Crippen molar-refractivity contribution in [3.63, 3.8) is 0 Å². The summed E-state index contributed by atoms with van der Waals surface area (Å²) in [6.45, 7) is 1.14.